The average molecular weight is 311 g/mol. The molecule has 0 aliphatic rings. The number of fused-ring (bicyclic) bond motifs is 1. The first-order chi connectivity index (χ1) is 11.2. The van der Waals surface area contributed by atoms with Crippen molar-refractivity contribution < 1.29 is 18.7 Å². The van der Waals surface area contributed by atoms with E-state index >= 15 is 0 Å². The second-order valence-corrected chi connectivity index (χ2v) is 5.17. The Labute approximate surface area is 133 Å². The molecule has 23 heavy (non-hydrogen) atoms. The Bertz CT molecular complexity index is 830. The van der Waals surface area contributed by atoms with Crippen LogP contribution in [0, 0.1) is 0 Å². The molecule has 3 rings (SSSR count). The van der Waals surface area contributed by atoms with E-state index in [9.17, 15) is 9.59 Å². The van der Waals surface area contributed by atoms with Crippen LogP contribution in [0.2, 0.25) is 0 Å². The van der Waals surface area contributed by atoms with E-state index in [0.717, 1.165) is 10.9 Å². The maximum atomic E-state index is 12.7. The number of esters is 1. The van der Waals surface area contributed by atoms with Gasteiger partial charge in [-0.2, -0.15) is 0 Å². The molecule has 1 aromatic carbocycles. The van der Waals surface area contributed by atoms with Crippen molar-refractivity contribution in [3.63, 3.8) is 0 Å². The lowest BCUT2D eigenvalue weighted by Gasteiger charge is -2.08. The van der Waals surface area contributed by atoms with E-state index < -0.39 is 5.97 Å². The summed E-state index contributed by atoms with van der Waals surface area (Å²) >= 11 is 0. The molecule has 0 bridgehead atoms. The van der Waals surface area contributed by atoms with Gasteiger partial charge in [-0.15, -0.1) is 0 Å². The Hall–Kier alpha value is -2.82. The van der Waals surface area contributed by atoms with Gasteiger partial charge in [-0.1, -0.05) is 18.2 Å². The molecule has 3 aromatic rings. The predicted octanol–water partition coefficient (Wildman–Crippen LogP) is 3.68. The standard InChI is InChI=1S/C18H17NO4/c1-2-23-18(21)16-11-14-5-3-4-6-15(14)19(16)17(20)8-7-13-9-10-22-12-13/h3-6,9-12H,2,7-8H2,1H3. The molecule has 0 N–H and O–H groups in total. The highest BCUT2D eigenvalue weighted by molar-refractivity contribution is 6.03. The van der Waals surface area contributed by atoms with Gasteiger partial charge in [0.25, 0.3) is 0 Å². The normalized spacial score (nSPS) is 10.8. The fourth-order valence-corrected chi connectivity index (χ4v) is 2.58. The van der Waals surface area contributed by atoms with Gasteiger partial charge >= 0.3 is 5.97 Å². The van der Waals surface area contributed by atoms with Crippen molar-refractivity contribution >= 4 is 22.8 Å². The Morgan fingerprint density at radius 2 is 2.04 bits per heavy atom. The first-order valence-electron chi connectivity index (χ1n) is 7.52. The lowest BCUT2D eigenvalue weighted by Crippen LogP contribution is -2.19. The molecule has 0 fully saturated rings. The van der Waals surface area contributed by atoms with E-state index in [4.69, 9.17) is 9.15 Å². The van der Waals surface area contributed by atoms with Gasteiger partial charge < -0.3 is 9.15 Å². The van der Waals surface area contributed by atoms with Crippen molar-refractivity contribution in [2.24, 2.45) is 0 Å². The molecule has 0 aliphatic heterocycles. The molecular weight excluding hydrogens is 294 g/mol. The van der Waals surface area contributed by atoms with Crippen LogP contribution in [-0.2, 0) is 11.2 Å². The number of rotatable bonds is 5. The SMILES string of the molecule is CCOC(=O)c1cc2ccccc2n1C(=O)CCc1ccoc1. The monoisotopic (exact) mass is 311 g/mol. The highest BCUT2D eigenvalue weighted by Gasteiger charge is 2.20. The highest BCUT2D eigenvalue weighted by Crippen LogP contribution is 2.21. The molecule has 5 heteroatoms. The third kappa shape index (κ3) is 3.04. The number of carbonyl (C=O) groups excluding carboxylic acids is 2. The molecular formula is C18H17NO4. The van der Waals surface area contributed by atoms with Crippen LogP contribution in [-0.4, -0.2) is 23.1 Å². The van der Waals surface area contributed by atoms with Gasteiger partial charge in [0.15, 0.2) is 0 Å². The number of para-hydroxylation sites is 1. The second kappa shape index (κ2) is 6.52. The van der Waals surface area contributed by atoms with Crippen molar-refractivity contribution in [2.45, 2.75) is 19.8 Å². The van der Waals surface area contributed by atoms with Crippen LogP contribution >= 0.6 is 0 Å². The van der Waals surface area contributed by atoms with Gasteiger partial charge in [0, 0.05) is 11.8 Å². The van der Waals surface area contributed by atoms with Gasteiger partial charge in [-0.05, 0) is 37.1 Å². The molecule has 2 heterocycles. The third-order valence-corrected chi connectivity index (χ3v) is 3.65. The van der Waals surface area contributed by atoms with Gasteiger partial charge in [0.05, 0.1) is 24.6 Å². The summed E-state index contributed by atoms with van der Waals surface area (Å²) in [6.07, 6.45) is 4.04. The number of carbonyl (C=O) groups is 2. The fourth-order valence-electron chi connectivity index (χ4n) is 2.58. The number of hydrogen-bond donors (Lipinski definition) is 0. The van der Waals surface area contributed by atoms with Crippen molar-refractivity contribution in [1.29, 1.82) is 0 Å². The molecule has 0 saturated carbocycles. The fraction of sp³-hybridized carbons (Fsp3) is 0.222. The Morgan fingerprint density at radius 3 is 2.78 bits per heavy atom. The zero-order valence-corrected chi connectivity index (χ0v) is 12.8. The summed E-state index contributed by atoms with van der Waals surface area (Å²) in [7, 11) is 0. The van der Waals surface area contributed by atoms with Crippen LogP contribution in [0.3, 0.4) is 0 Å². The molecule has 0 aliphatic carbocycles. The van der Waals surface area contributed by atoms with Crippen molar-refractivity contribution in [3.8, 4) is 0 Å². The number of furan rings is 1. The molecule has 0 radical (unpaired) electrons. The second-order valence-electron chi connectivity index (χ2n) is 5.17. The zero-order chi connectivity index (χ0) is 16.2. The van der Waals surface area contributed by atoms with Gasteiger partial charge in [0.1, 0.15) is 5.69 Å². The van der Waals surface area contributed by atoms with Crippen LogP contribution in [0.4, 0.5) is 0 Å². The Balaban J connectivity index is 1.94. The van der Waals surface area contributed by atoms with Crippen LogP contribution < -0.4 is 0 Å². The number of aryl methyl sites for hydroxylation is 1. The summed E-state index contributed by atoms with van der Waals surface area (Å²) < 4.78 is 11.5. The summed E-state index contributed by atoms with van der Waals surface area (Å²) in [6, 6.07) is 10.9. The molecule has 0 unspecified atom stereocenters. The molecule has 0 amide bonds. The quantitative estimate of drug-likeness (QED) is 0.674. The van der Waals surface area contributed by atoms with Crippen molar-refractivity contribution in [3.05, 3.63) is 60.2 Å². The zero-order valence-electron chi connectivity index (χ0n) is 12.8. The summed E-state index contributed by atoms with van der Waals surface area (Å²) in [5.74, 6) is -0.629. The minimum atomic E-state index is -0.486. The third-order valence-electron chi connectivity index (χ3n) is 3.65. The Kier molecular flexibility index (Phi) is 4.28. The van der Waals surface area contributed by atoms with Crippen LogP contribution in [0.1, 0.15) is 34.2 Å². The van der Waals surface area contributed by atoms with Crippen molar-refractivity contribution in [1.82, 2.24) is 4.57 Å². The number of nitrogens with zero attached hydrogens (tertiary/aromatic N) is 1. The molecule has 0 saturated heterocycles. The summed E-state index contributed by atoms with van der Waals surface area (Å²) in [6.45, 7) is 2.01. The summed E-state index contributed by atoms with van der Waals surface area (Å²) in [4.78, 5) is 24.8. The lowest BCUT2D eigenvalue weighted by molar-refractivity contribution is 0.0509. The molecule has 0 atom stereocenters. The Morgan fingerprint density at radius 1 is 1.22 bits per heavy atom. The largest absolute Gasteiger partial charge is 0.472 e. The number of aromatic nitrogens is 1. The first kappa shape index (κ1) is 15.1. The highest BCUT2D eigenvalue weighted by atomic mass is 16.5. The lowest BCUT2D eigenvalue weighted by atomic mass is 10.2. The molecule has 0 spiro atoms. The van der Waals surface area contributed by atoms with Gasteiger partial charge in [0.2, 0.25) is 5.91 Å². The number of ether oxygens (including phenoxy) is 1. The van der Waals surface area contributed by atoms with Crippen LogP contribution in [0.15, 0.2) is 53.3 Å². The minimum absolute atomic E-state index is 0.143. The van der Waals surface area contributed by atoms with E-state index in [-0.39, 0.29) is 24.6 Å². The van der Waals surface area contributed by atoms with E-state index in [1.807, 2.05) is 30.3 Å². The van der Waals surface area contributed by atoms with E-state index in [0.29, 0.717) is 11.9 Å². The number of benzene rings is 1. The molecule has 118 valence electrons. The summed E-state index contributed by atoms with van der Waals surface area (Å²) in [5, 5.41) is 0.840. The van der Waals surface area contributed by atoms with Gasteiger partial charge in [-0.25, -0.2) is 4.79 Å². The van der Waals surface area contributed by atoms with Crippen LogP contribution in [0.25, 0.3) is 10.9 Å². The number of hydrogen-bond acceptors (Lipinski definition) is 4. The minimum Gasteiger partial charge on any atom is -0.472 e. The average Bonchev–Trinajstić information content (AvgIpc) is 3.20. The van der Waals surface area contributed by atoms with E-state index in [2.05, 4.69) is 0 Å². The van der Waals surface area contributed by atoms with Gasteiger partial charge in [-0.3, -0.25) is 9.36 Å². The smallest absolute Gasteiger partial charge is 0.355 e. The van der Waals surface area contributed by atoms with E-state index in [1.165, 1.54) is 4.57 Å². The first-order valence-corrected chi connectivity index (χ1v) is 7.52. The maximum absolute atomic E-state index is 12.7. The van der Waals surface area contributed by atoms with Crippen molar-refractivity contribution in [2.75, 3.05) is 6.61 Å². The maximum Gasteiger partial charge on any atom is 0.355 e. The predicted molar refractivity (Wildman–Crippen MR) is 85.6 cm³/mol. The topological polar surface area (TPSA) is 61.4 Å². The van der Waals surface area contributed by atoms with E-state index in [1.54, 1.807) is 25.5 Å². The summed E-state index contributed by atoms with van der Waals surface area (Å²) in [5.41, 5.74) is 1.94. The van der Waals surface area contributed by atoms with Crippen LogP contribution in [0.5, 0.6) is 0 Å². The molecule has 5 nitrogen and oxygen atoms in total. The molecule has 2 aromatic heterocycles.